The number of anilines is 1. The van der Waals surface area contributed by atoms with Crippen LogP contribution < -0.4 is 5.32 Å². The van der Waals surface area contributed by atoms with Gasteiger partial charge in [-0.05, 0) is 24.1 Å². The monoisotopic (exact) mass is 321 g/mol. The lowest BCUT2D eigenvalue weighted by atomic mass is 10.2. The zero-order chi connectivity index (χ0) is 15.9. The Morgan fingerprint density at radius 2 is 2.00 bits per heavy atom. The van der Waals surface area contributed by atoms with Gasteiger partial charge in [0.2, 0.25) is 0 Å². The average Bonchev–Trinajstić information content (AvgIpc) is 2.82. The first kappa shape index (κ1) is 16.8. The number of unbranched alkanes of at least 4 members (excludes halogenated alkanes) is 1. The molecule has 0 amide bonds. The molecule has 4 nitrogen and oxygen atoms in total. The Balaban J connectivity index is 2.28. The number of nitrogens with one attached hydrogen (secondary N) is 1. The average molecular weight is 322 g/mol. The van der Waals surface area contributed by atoms with Crippen LogP contribution in [0.4, 0.5) is 5.69 Å². The summed E-state index contributed by atoms with van der Waals surface area (Å²) in [5.41, 5.74) is 3.28. The maximum Gasteiger partial charge on any atom is 0.153 e. The van der Waals surface area contributed by atoms with Gasteiger partial charge in [0.05, 0.1) is 12.3 Å². The molecule has 0 atom stereocenters. The van der Waals surface area contributed by atoms with Gasteiger partial charge < -0.3 is 14.6 Å². The predicted molar refractivity (Wildman–Crippen MR) is 91.7 cm³/mol. The molecule has 0 saturated heterocycles. The molecule has 1 aromatic carbocycles. The van der Waals surface area contributed by atoms with E-state index in [4.69, 9.17) is 16.3 Å². The molecule has 2 rings (SSSR count). The molecule has 1 N–H and O–H groups in total. The number of hydrogen-bond acceptors (Lipinski definition) is 3. The number of benzene rings is 1. The third kappa shape index (κ3) is 4.02. The van der Waals surface area contributed by atoms with Crippen molar-refractivity contribution in [1.82, 2.24) is 9.55 Å². The summed E-state index contributed by atoms with van der Waals surface area (Å²) in [6, 6.07) is 8.41. The van der Waals surface area contributed by atoms with Crippen LogP contribution in [0.1, 0.15) is 36.8 Å². The van der Waals surface area contributed by atoms with Crippen molar-refractivity contribution in [1.29, 1.82) is 0 Å². The van der Waals surface area contributed by atoms with Crippen molar-refractivity contribution in [3.63, 3.8) is 0 Å². The Morgan fingerprint density at radius 3 is 2.59 bits per heavy atom. The number of hydrogen-bond donors (Lipinski definition) is 1. The number of imidazole rings is 1. The van der Waals surface area contributed by atoms with Crippen molar-refractivity contribution >= 4 is 17.3 Å². The quantitative estimate of drug-likeness (QED) is 0.795. The van der Waals surface area contributed by atoms with Gasteiger partial charge in [-0.15, -0.1) is 0 Å². The Bertz CT molecular complexity index is 593. The third-order valence-corrected chi connectivity index (χ3v) is 4.02. The zero-order valence-corrected chi connectivity index (χ0v) is 14.3. The van der Waals surface area contributed by atoms with Crippen molar-refractivity contribution in [2.24, 2.45) is 0 Å². The van der Waals surface area contributed by atoms with Gasteiger partial charge in [0, 0.05) is 32.8 Å². The van der Waals surface area contributed by atoms with Crippen LogP contribution in [0.25, 0.3) is 0 Å². The lowest BCUT2D eigenvalue weighted by Gasteiger charge is -2.12. The molecule has 0 bridgehead atoms. The number of ether oxygens (including phenoxy) is 1. The Hall–Kier alpha value is -1.52. The molecule has 0 saturated carbocycles. The van der Waals surface area contributed by atoms with Crippen molar-refractivity contribution in [3.8, 4) is 0 Å². The van der Waals surface area contributed by atoms with E-state index >= 15 is 0 Å². The molecule has 1 aromatic heterocycles. The fourth-order valence-electron chi connectivity index (χ4n) is 2.45. The van der Waals surface area contributed by atoms with Gasteiger partial charge in [0.15, 0.2) is 5.15 Å². The lowest BCUT2D eigenvalue weighted by molar-refractivity contribution is 0.178. The van der Waals surface area contributed by atoms with E-state index in [0.29, 0.717) is 11.8 Å². The number of methoxy groups -OCH3 is 1. The Kier molecular flexibility index (Phi) is 6.28. The summed E-state index contributed by atoms with van der Waals surface area (Å²) in [5.74, 6) is 1.04. The van der Waals surface area contributed by atoms with E-state index in [0.717, 1.165) is 43.0 Å². The molecule has 0 radical (unpaired) electrons. The highest BCUT2D eigenvalue weighted by atomic mass is 35.5. The molecule has 0 aliphatic heterocycles. The normalized spacial score (nSPS) is 10.9. The highest BCUT2D eigenvalue weighted by molar-refractivity contribution is 6.30. The van der Waals surface area contributed by atoms with Crippen LogP contribution in [0.3, 0.4) is 0 Å². The zero-order valence-electron chi connectivity index (χ0n) is 13.5. The number of rotatable bonds is 8. The van der Waals surface area contributed by atoms with E-state index in [-0.39, 0.29) is 0 Å². The number of aromatic nitrogens is 2. The largest absolute Gasteiger partial charge is 0.388 e. The second kappa shape index (κ2) is 8.20. The SMILES string of the molecule is CCCCc1nc(Cl)c(COC)n1Cc1ccc(NC)cc1. The van der Waals surface area contributed by atoms with Crippen LogP contribution in [0.15, 0.2) is 24.3 Å². The van der Waals surface area contributed by atoms with E-state index in [1.54, 1.807) is 7.11 Å². The molecule has 0 spiro atoms. The fraction of sp³-hybridized carbons (Fsp3) is 0.471. The first-order chi connectivity index (χ1) is 10.7. The maximum atomic E-state index is 6.30. The summed E-state index contributed by atoms with van der Waals surface area (Å²) in [4.78, 5) is 4.53. The summed E-state index contributed by atoms with van der Waals surface area (Å²) >= 11 is 6.30. The van der Waals surface area contributed by atoms with Crippen molar-refractivity contribution in [2.45, 2.75) is 39.3 Å². The summed E-state index contributed by atoms with van der Waals surface area (Å²) < 4.78 is 7.48. The molecule has 2 aromatic rings. The number of aryl methyl sites for hydroxylation is 1. The molecular formula is C17H24ClN3O. The van der Waals surface area contributed by atoms with Gasteiger partial charge in [0.1, 0.15) is 5.82 Å². The Labute approximate surface area is 137 Å². The highest BCUT2D eigenvalue weighted by Gasteiger charge is 2.15. The minimum Gasteiger partial charge on any atom is -0.388 e. The van der Waals surface area contributed by atoms with E-state index in [9.17, 15) is 0 Å². The summed E-state index contributed by atoms with van der Waals surface area (Å²) in [6.07, 6.45) is 3.19. The molecule has 1 heterocycles. The topological polar surface area (TPSA) is 39.1 Å². The van der Waals surface area contributed by atoms with Gasteiger partial charge in [0.25, 0.3) is 0 Å². The molecule has 0 fully saturated rings. The van der Waals surface area contributed by atoms with E-state index < -0.39 is 0 Å². The molecule has 0 aliphatic rings. The molecule has 0 unspecified atom stereocenters. The van der Waals surface area contributed by atoms with Crippen LogP contribution in [-0.4, -0.2) is 23.7 Å². The molecule has 120 valence electrons. The minimum absolute atomic E-state index is 0.479. The van der Waals surface area contributed by atoms with Gasteiger partial charge in [-0.3, -0.25) is 0 Å². The minimum atomic E-state index is 0.479. The van der Waals surface area contributed by atoms with E-state index in [1.165, 1.54) is 5.56 Å². The second-order valence-electron chi connectivity index (χ2n) is 5.34. The van der Waals surface area contributed by atoms with Crippen LogP contribution in [0, 0.1) is 0 Å². The van der Waals surface area contributed by atoms with Crippen molar-refractivity contribution < 1.29 is 4.74 Å². The Morgan fingerprint density at radius 1 is 1.27 bits per heavy atom. The first-order valence-corrected chi connectivity index (χ1v) is 8.06. The van der Waals surface area contributed by atoms with E-state index in [1.807, 2.05) is 7.05 Å². The summed E-state index contributed by atoms with van der Waals surface area (Å²) in [5, 5.41) is 3.69. The van der Waals surface area contributed by atoms with E-state index in [2.05, 4.69) is 46.1 Å². The highest BCUT2D eigenvalue weighted by Crippen LogP contribution is 2.22. The second-order valence-corrected chi connectivity index (χ2v) is 5.69. The summed E-state index contributed by atoms with van der Waals surface area (Å²) in [6.45, 7) is 3.43. The van der Waals surface area contributed by atoms with Gasteiger partial charge in [-0.2, -0.15) is 0 Å². The van der Waals surface area contributed by atoms with Crippen LogP contribution >= 0.6 is 11.6 Å². The standard InChI is InChI=1S/C17H24ClN3O/c1-4-5-6-16-20-17(18)15(12-22-3)21(16)11-13-7-9-14(19-2)10-8-13/h7-10,19H,4-6,11-12H2,1-3H3. The van der Waals surface area contributed by atoms with Gasteiger partial charge in [-0.1, -0.05) is 37.1 Å². The number of halogens is 1. The molecule has 0 aliphatic carbocycles. The molecule has 5 heteroatoms. The smallest absolute Gasteiger partial charge is 0.153 e. The molecular weight excluding hydrogens is 298 g/mol. The van der Waals surface area contributed by atoms with Gasteiger partial charge >= 0.3 is 0 Å². The van der Waals surface area contributed by atoms with Crippen molar-refractivity contribution in [2.75, 3.05) is 19.5 Å². The predicted octanol–water partition coefficient (Wildman–Crippen LogP) is 4.12. The van der Waals surface area contributed by atoms with Crippen molar-refractivity contribution in [3.05, 3.63) is 46.5 Å². The maximum absolute atomic E-state index is 6.30. The van der Waals surface area contributed by atoms with Crippen LogP contribution in [-0.2, 0) is 24.3 Å². The van der Waals surface area contributed by atoms with Gasteiger partial charge in [-0.25, -0.2) is 4.98 Å². The third-order valence-electron chi connectivity index (χ3n) is 3.72. The number of nitrogens with zero attached hydrogens (tertiary/aromatic N) is 2. The molecule has 22 heavy (non-hydrogen) atoms. The fourth-order valence-corrected chi connectivity index (χ4v) is 2.71. The van der Waals surface area contributed by atoms with Crippen LogP contribution in [0.2, 0.25) is 5.15 Å². The summed E-state index contributed by atoms with van der Waals surface area (Å²) in [7, 11) is 3.60. The first-order valence-electron chi connectivity index (χ1n) is 7.69. The van der Waals surface area contributed by atoms with Crippen LogP contribution in [0.5, 0.6) is 0 Å². The lowest BCUT2D eigenvalue weighted by Crippen LogP contribution is -2.10.